The molecular weight excluding hydrogens is 218 g/mol. The fourth-order valence-electron chi connectivity index (χ4n) is 1.84. The van der Waals surface area contributed by atoms with Crippen molar-refractivity contribution in [1.82, 2.24) is 5.32 Å². The minimum Gasteiger partial charge on any atom is -0.490 e. The topological polar surface area (TPSA) is 39.7 Å². The lowest BCUT2D eigenvalue weighted by molar-refractivity contribution is 0.154. The summed E-state index contributed by atoms with van der Waals surface area (Å²) in [5, 5.41) is 3.16. The first-order chi connectivity index (χ1) is 10.2. The first kappa shape index (κ1) is 6.50. The molecule has 0 unspecified atom stereocenters. The van der Waals surface area contributed by atoms with E-state index in [0.717, 1.165) is 0 Å². The third-order valence-electron chi connectivity index (χ3n) is 2.70. The highest BCUT2D eigenvalue weighted by atomic mass is 16.6. The van der Waals surface area contributed by atoms with Crippen LogP contribution in [0, 0.1) is 0 Å². The Hall–Kier alpha value is -1.42. The van der Waals surface area contributed by atoms with Gasteiger partial charge in [0.1, 0.15) is 24.9 Å². The Balaban J connectivity index is 1.83. The van der Waals surface area contributed by atoms with Crippen LogP contribution in [0.25, 0.3) is 0 Å². The van der Waals surface area contributed by atoms with Crippen molar-refractivity contribution in [3.63, 3.8) is 0 Å². The highest BCUT2D eigenvalue weighted by Crippen LogP contribution is 2.34. The van der Waals surface area contributed by atoms with E-state index >= 15 is 0 Å². The zero-order valence-corrected chi connectivity index (χ0v) is 9.29. The zero-order chi connectivity index (χ0) is 16.0. The molecule has 1 aromatic carbocycles. The van der Waals surface area contributed by atoms with Gasteiger partial charge < -0.3 is 19.5 Å². The van der Waals surface area contributed by atoms with Gasteiger partial charge in [0.25, 0.3) is 0 Å². The van der Waals surface area contributed by atoms with Crippen LogP contribution < -0.4 is 19.5 Å². The van der Waals surface area contributed by atoms with E-state index in [1.807, 2.05) is 0 Å². The fourth-order valence-corrected chi connectivity index (χ4v) is 1.84. The van der Waals surface area contributed by atoms with Crippen molar-refractivity contribution < 1.29 is 21.1 Å². The predicted octanol–water partition coefficient (Wildman–Crippen LogP) is 1.59. The van der Waals surface area contributed by atoms with Gasteiger partial charge in [-0.1, -0.05) is 0 Å². The number of hydrogen-bond donors (Lipinski definition) is 1. The quantitative estimate of drug-likeness (QED) is 0.852. The van der Waals surface area contributed by atoms with Gasteiger partial charge in [-0.05, 0) is 38.1 Å². The van der Waals surface area contributed by atoms with Gasteiger partial charge in [-0.2, -0.15) is 0 Å². The molecule has 92 valence electrons. The van der Waals surface area contributed by atoms with Crippen molar-refractivity contribution in [3.8, 4) is 17.2 Å². The van der Waals surface area contributed by atoms with Crippen molar-refractivity contribution in [2.24, 2.45) is 0 Å². The molecule has 1 N–H and O–H groups in total. The highest BCUT2D eigenvalue weighted by Gasteiger charge is 2.17. The average Bonchev–Trinajstić information content (AvgIpc) is 2.40. The normalized spacial score (nSPS) is 32.1. The van der Waals surface area contributed by atoms with E-state index in [2.05, 4.69) is 5.32 Å². The lowest BCUT2D eigenvalue weighted by atomic mass is 10.1. The van der Waals surface area contributed by atoms with Crippen LogP contribution in [-0.4, -0.2) is 32.3 Å². The van der Waals surface area contributed by atoms with E-state index in [0.29, 0.717) is 31.7 Å². The Labute approximate surface area is 108 Å². The molecule has 1 fully saturated rings. The Morgan fingerprint density at radius 1 is 1.24 bits per heavy atom. The van der Waals surface area contributed by atoms with Crippen molar-refractivity contribution in [2.75, 3.05) is 26.2 Å². The van der Waals surface area contributed by atoms with Gasteiger partial charge in [0.2, 0.25) is 0 Å². The maximum Gasteiger partial charge on any atom is 0.165 e. The lowest BCUT2D eigenvalue weighted by Gasteiger charge is -2.25. The van der Waals surface area contributed by atoms with Crippen LogP contribution in [0.1, 0.15) is 19.7 Å². The van der Waals surface area contributed by atoms with Crippen LogP contribution >= 0.6 is 0 Å². The number of hydrogen-bond acceptors (Lipinski definition) is 4. The molecular formula is C13H17NO3. The van der Waals surface area contributed by atoms with Crippen LogP contribution in [0.15, 0.2) is 18.2 Å². The summed E-state index contributed by atoms with van der Waals surface area (Å²) >= 11 is 0. The largest absolute Gasteiger partial charge is 0.490 e. The first-order valence-corrected chi connectivity index (χ1v) is 5.63. The van der Waals surface area contributed by atoms with E-state index in [-0.39, 0.29) is 11.5 Å². The standard InChI is InChI=1S/C13H17NO3/c1-2-12-13(16-8-7-15-12)9-11(1)17-10-3-5-14-6-4-10/h1-2,9-10,14H,3-8H2/i7D2,8D2,10D. The van der Waals surface area contributed by atoms with Crippen LogP contribution in [0.3, 0.4) is 0 Å². The van der Waals surface area contributed by atoms with Crippen molar-refractivity contribution in [3.05, 3.63) is 18.2 Å². The number of rotatable bonds is 2. The molecule has 0 spiro atoms. The predicted molar refractivity (Wildman–Crippen MR) is 64.0 cm³/mol. The molecule has 2 aliphatic rings. The Bertz CT molecular complexity index is 575. The van der Waals surface area contributed by atoms with Gasteiger partial charge in [0.15, 0.2) is 11.5 Å². The molecule has 0 aliphatic carbocycles. The number of fused-ring (bicyclic) bond motifs is 1. The molecule has 17 heavy (non-hydrogen) atoms. The maximum atomic E-state index is 8.27. The molecule has 0 aromatic heterocycles. The van der Waals surface area contributed by atoms with Crippen LogP contribution in [0.2, 0.25) is 0 Å². The minimum absolute atomic E-state index is 0.0650. The van der Waals surface area contributed by atoms with E-state index in [9.17, 15) is 0 Å². The lowest BCUT2D eigenvalue weighted by Crippen LogP contribution is -2.34. The molecule has 1 saturated heterocycles. The molecule has 4 heteroatoms. The second kappa shape index (κ2) is 4.84. The summed E-state index contributed by atoms with van der Waals surface area (Å²) in [4.78, 5) is 0. The van der Waals surface area contributed by atoms with Gasteiger partial charge in [0, 0.05) is 6.07 Å². The molecule has 0 amide bonds. The van der Waals surface area contributed by atoms with Gasteiger partial charge >= 0.3 is 0 Å². The molecule has 3 rings (SSSR count). The highest BCUT2D eigenvalue weighted by molar-refractivity contribution is 5.46. The summed E-state index contributed by atoms with van der Waals surface area (Å²) in [6.45, 7) is -3.77. The smallest absolute Gasteiger partial charge is 0.165 e. The number of nitrogens with one attached hydrogen (secondary N) is 1. The van der Waals surface area contributed by atoms with Gasteiger partial charge in [-0.15, -0.1) is 0 Å². The van der Waals surface area contributed by atoms with E-state index < -0.39 is 19.2 Å². The van der Waals surface area contributed by atoms with Crippen molar-refractivity contribution in [1.29, 1.82) is 0 Å². The molecule has 0 saturated carbocycles. The number of piperidine rings is 1. The van der Waals surface area contributed by atoms with Crippen LogP contribution in [0.4, 0.5) is 0 Å². The summed E-state index contributed by atoms with van der Waals surface area (Å²) in [6, 6.07) is 4.46. The van der Waals surface area contributed by atoms with Crippen molar-refractivity contribution >= 4 is 0 Å². The van der Waals surface area contributed by atoms with E-state index in [1.165, 1.54) is 12.1 Å². The second-order valence-electron chi connectivity index (χ2n) is 3.91. The monoisotopic (exact) mass is 240 g/mol. The average molecular weight is 240 g/mol. The van der Waals surface area contributed by atoms with Crippen LogP contribution in [-0.2, 0) is 0 Å². The summed E-state index contributed by atoms with van der Waals surface area (Å²) in [7, 11) is 0. The maximum absolute atomic E-state index is 8.27. The van der Waals surface area contributed by atoms with E-state index in [4.69, 9.17) is 21.1 Å². The molecule has 2 heterocycles. The Morgan fingerprint density at radius 2 is 2.00 bits per heavy atom. The first-order valence-electron chi connectivity index (χ1n) is 8.13. The molecule has 0 radical (unpaired) electrons. The molecule has 0 bridgehead atoms. The van der Waals surface area contributed by atoms with Gasteiger partial charge in [0.05, 0.1) is 6.85 Å². The molecule has 4 nitrogen and oxygen atoms in total. The third kappa shape index (κ3) is 2.47. The SMILES string of the molecule is [2H]C1(Oc2ccc3c(c2)OC([2H])([2H])C([2H])([2H])O3)CCNCC1. The van der Waals surface area contributed by atoms with Crippen LogP contribution in [0.5, 0.6) is 17.2 Å². The Morgan fingerprint density at radius 3 is 2.82 bits per heavy atom. The molecule has 1 aromatic rings. The number of benzene rings is 1. The second-order valence-corrected chi connectivity index (χ2v) is 3.91. The summed E-state index contributed by atoms with van der Waals surface area (Å²) in [5.74, 6) is 0.546. The van der Waals surface area contributed by atoms with E-state index in [1.54, 1.807) is 6.07 Å². The fraction of sp³-hybridized carbons (Fsp3) is 0.538. The summed E-state index contributed by atoms with van der Waals surface area (Å²) in [6.07, 6.45) is 0.0677. The third-order valence-corrected chi connectivity index (χ3v) is 2.70. The Kier molecular flexibility index (Phi) is 1.85. The summed E-state index contributed by atoms with van der Waals surface area (Å²) < 4.78 is 54.3. The molecule has 0 atom stereocenters. The number of ether oxygens (including phenoxy) is 3. The van der Waals surface area contributed by atoms with Gasteiger partial charge in [-0.3, -0.25) is 0 Å². The molecule has 2 aliphatic heterocycles. The minimum atomic E-state index is -2.61. The zero-order valence-electron chi connectivity index (χ0n) is 14.3. The summed E-state index contributed by atoms with van der Waals surface area (Å²) in [5.41, 5.74) is 0. The van der Waals surface area contributed by atoms with Crippen molar-refractivity contribution in [2.45, 2.75) is 18.9 Å². The van der Waals surface area contributed by atoms with Gasteiger partial charge in [-0.25, -0.2) is 0 Å².